The highest BCUT2D eigenvalue weighted by Gasteiger charge is 2.18. The van der Waals surface area contributed by atoms with Crippen LogP contribution in [0, 0.1) is 5.92 Å². The molecule has 0 aromatic heterocycles. The molecule has 1 aromatic carbocycles. The number of carbonyl (C=O) groups excluding carboxylic acids is 1. The Morgan fingerprint density at radius 1 is 1.32 bits per heavy atom. The number of hydrogen-bond donors (Lipinski definition) is 2. The maximum absolute atomic E-state index is 11.8. The third-order valence-corrected chi connectivity index (χ3v) is 3.26. The van der Waals surface area contributed by atoms with Crippen molar-refractivity contribution in [1.29, 1.82) is 0 Å². The number of hydrogen-bond acceptors (Lipinski definition) is 4. The van der Waals surface area contributed by atoms with Crippen molar-refractivity contribution >= 4 is 18.3 Å². The van der Waals surface area contributed by atoms with Gasteiger partial charge in [0, 0.05) is 25.6 Å². The van der Waals surface area contributed by atoms with Crippen molar-refractivity contribution in [3.63, 3.8) is 0 Å². The van der Waals surface area contributed by atoms with Crippen molar-refractivity contribution in [2.75, 3.05) is 26.4 Å². The van der Waals surface area contributed by atoms with E-state index < -0.39 is 0 Å². The molecule has 1 amide bonds. The number of ether oxygens (including phenoxy) is 2. The van der Waals surface area contributed by atoms with Gasteiger partial charge >= 0.3 is 0 Å². The van der Waals surface area contributed by atoms with Crippen LogP contribution < -0.4 is 20.1 Å². The molecule has 2 heterocycles. The first-order chi connectivity index (χ1) is 8.81. The Balaban J connectivity index is 0.00000133. The lowest BCUT2D eigenvalue weighted by atomic mass is 10.0. The van der Waals surface area contributed by atoms with Crippen LogP contribution in [0.25, 0.3) is 0 Å². The molecular formula is C13H17ClN2O3. The van der Waals surface area contributed by atoms with E-state index in [0.717, 1.165) is 36.7 Å². The number of halogens is 1. The van der Waals surface area contributed by atoms with E-state index in [2.05, 4.69) is 10.6 Å². The molecule has 5 nitrogen and oxygen atoms in total. The molecule has 1 fully saturated rings. The van der Waals surface area contributed by atoms with Gasteiger partial charge in [0.05, 0.1) is 6.42 Å². The minimum absolute atomic E-state index is 0. The smallest absolute Gasteiger partial charge is 0.231 e. The predicted molar refractivity (Wildman–Crippen MR) is 72.9 cm³/mol. The van der Waals surface area contributed by atoms with E-state index in [1.807, 2.05) is 18.2 Å². The normalized spacial score (nSPS) is 16.4. The van der Waals surface area contributed by atoms with E-state index >= 15 is 0 Å². The molecule has 0 atom stereocenters. The molecule has 1 saturated heterocycles. The molecule has 6 heteroatoms. The summed E-state index contributed by atoms with van der Waals surface area (Å²) in [6.07, 6.45) is 0.386. The molecule has 0 radical (unpaired) electrons. The Morgan fingerprint density at radius 2 is 2.11 bits per heavy atom. The molecule has 0 aliphatic carbocycles. The second-order valence-corrected chi connectivity index (χ2v) is 4.69. The van der Waals surface area contributed by atoms with E-state index in [4.69, 9.17) is 9.47 Å². The molecule has 0 unspecified atom stereocenters. The van der Waals surface area contributed by atoms with Gasteiger partial charge in [-0.15, -0.1) is 12.4 Å². The Kier molecular flexibility index (Phi) is 4.50. The summed E-state index contributed by atoms with van der Waals surface area (Å²) in [5.41, 5.74) is 0.948. The zero-order valence-electron chi connectivity index (χ0n) is 10.5. The van der Waals surface area contributed by atoms with E-state index in [1.54, 1.807) is 0 Å². The maximum atomic E-state index is 11.8. The maximum Gasteiger partial charge on any atom is 0.231 e. The summed E-state index contributed by atoms with van der Waals surface area (Å²) in [5, 5.41) is 6.13. The van der Waals surface area contributed by atoms with Crippen LogP contribution in [0.5, 0.6) is 11.5 Å². The highest BCUT2D eigenvalue weighted by Crippen LogP contribution is 2.32. The summed E-state index contributed by atoms with van der Waals surface area (Å²) in [4.78, 5) is 11.8. The molecule has 0 spiro atoms. The summed E-state index contributed by atoms with van der Waals surface area (Å²) in [5.74, 6) is 2.12. The molecule has 3 rings (SSSR count). The number of amides is 1. The van der Waals surface area contributed by atoms with Crippen LogP contribution in [0.1, 0.15) is 5.56 Å². The number of rotatable bonds is 4. The Bertz CT molecular complexity index is 463. The zero-order valence-corrected chi connectivity index (χ0v) is 11.3. The first kappa shape index (κ1) is 14.0. The third-order valence-electron chi connectivity index (χ3n) is 3.26. The first-order valence-electron chi connectivity index (χ1n) is 6.17. The monoisotopic (exact) mass is 284 g/mol. The van der Waals surface area contributed by atoms with E-state index in [-0.39, 0.29) is 25.1 Å². The Morgan fingerprint density at radius 3 is 2.84 bits per heavy atom. The van der Waals surface area contributed by atoms with Crippen LogP contribution in [0.15, 0.2) is 18.2 Å². The average Bonchev–Trinajstić information content (AvgIpc) is 2.74. The van der Waals surface area contributed by atoms with E-state index in [0.29, 0.717) is 12.3 Å². The fourth-order valence-electron chi connectivity index (χ4n) is 2.05. The summed E-state index contributed by atoms with van der Waals surface area (Å²) in [6.45, 7) is 3.03. The van der Waals surface area contributed by atoms with Gasteiger partial charge in [0.2, 0.25) is 12.7 Å². The van der Waals surface area contributed by atoms with Crippen LogP contribution in [-0.2, 0) is 11.2 Å². The predicted octanol–water partition coefficient (Wildman–Crippen LogP) is 0.715. The highest BCUT2D eigenvalue weighted by molar-refractivity contribution is 5.85. The number of fused-ring (bicyclic) bond motifs is 1. The quantitative estimate of drug-likeness (QED) is 0.855. The Hall–Kier alpha value is -1.46. The second-order valence-electron chi connectivity index (χ2n) is 4.69. The van der Waals surface area contributed by atoms with Crippen molar-refractivity contribution in [3.8, 4) is 11.5 Å². The zero-order chi connectivity index (χ0) is 12.4. The molecule has 2 N–H and O–H groups in total. The van der Waals surface area contributed by atoms with Crippen LogP contribution >= 0.6 is 12.4 Å². The van der Waals surface area contributed by atoms with Crippen molar-refractivity contribution in [2.45, 2.75) is 6.42 Å². The molecule has 104 valence electrons. The van der Waals surface area contributed by atoms with Gasteiger partial charge in [-0.2, -0.15) is 0 Å². The Labute approximate surface area is 118 Å². The lowest BCUT2D eigenvalue weighted by Gasteiger charge is -2.27. The number of benzene rings is 1. The topological polar surface area (TPSA) is 59.6 Å². The molecule has 1 aromatic rings. The molecule has 19 heavy (non-hydrogen) atoms. The van der Waals surface area contributed by atoms with Gasteiger partial charge in [-0.05, 0) is 17.7 Å². The van der Waals surface area contributed by atoms with Crippen molar-refractivity contribution < 1.29 is 14.3 Å². The molecule has 2 aliphatic rings. The van der Waals surface area contributed by atoms with Crippen LogP contribution in [0.3, 0.4) is 0 Å². The first-order valence-corrected chi connectivity index (χ1v) is 6.17. The third kappa shape index (κ3) is 3.30. The molecule has 0 bridgehead atoms. The fraction of sp³-hybridized carbons (Fsp3) is 0.462. The fourth-order valence-corrected chi connectivity index (χ4v) is 2.05. The lowest BCUT2D eigenvalue weighted by Crippen LogP contribution is -2.48. The van der Waals surface area contributed by atoms with Crippen LogP contribution in [0.4, 0.5) is 0 Å². The summed E-state index contributed by atoms with van der Waals surface area (Å²) in [7, 11) is 0. The summed E-state index contributed by atoms with van der Waals surface area (Å²) in [6, 6.07) is 5.62. The van der Waals surface area contributed by atoms with Gasteiger partial charge in [-0.1, -0.05) is 6.07 Å². The van der Waals surface area contributed by atoms with E-state index in [9.17, 15) is 4.79 Å². The highest BCUT2D eigenvalue weighted by atomic mass is 35.5. The molecule has 0 saturated carbocycles. The van der Waals surface area contributed by atoms with Gasteiger partial charge in [0.1, 0.15) is 0 Å². The van der Waals surface area contributed by atoms with Gasteiger partial charge in [-0.25, -0.2) is 0 Å². The minimum Gasteiger partial charge on any atom is -0.454 e. The van der Waals surface area contributed by atoms with Crippen LogP contribution in [-0.4, -0.2) is 32.3 Å². The number of carbonyl (C=O) groups is 1. The van der Waals surface area contributed by atoms with Gasteiger partial charge in [-0.3, -0.25) is 4.79 Å². The molecular weight excluding hydrogens is 268 g/mol. The van der Waals surface area contributed by atoms with Gasteiger partial charge in [0.15, 0.2) is 11.5 Å². The summed E-state index contributed by atoms with van der Waals surface area (Å²) < 4.78 is 10.5. The standard InChI is InChI=1S/C13H16N2O3.ClH/c16-13(15-7-10-5-14-6-10)4-9-1-2-11-12(3-9)18-8-17-11;/h1-3,10,14H,4-8H2,(H,15,16);1H. The molecule has 2 aliphatic heterocycles. The SMILES string of the molecule is Cl.O=C(Cc1ccc2c(c1)OCO2)NCC1CNC1. The van der Waals surface area contributed by atoms with Crippen LogP contribution in [0.2, 0.25) is 0 Å². The average molecular weight is 285 g/mol. The van der Waals surface area contributed by atoms with Gasteiger partial charge in [0.25, 0.3) is 0 Å². The lowest BCUT2D eigenvalue weighted by molar-refractivity contribution is -0.120. The van der Waals surface area contributed by atoms with Crippen molar-refractivity contribution in [1.82, 2.24) is 10.6 Å². The van der Waals surface area contributed by atoms with Crippen molar-refractivity contribution in [3.05, 3.63) is 23.8 Å². The van der Waals surface area contributed by atoms with E-state index in [1.165, 1.54) is 0 Å². The number of nitrogens with one attached hydrogen (secondary N) is 2. The van der Waals surface area contributed by atoms with Gasteiger partial charge < -0.3 is 20.1 Å². The largest absolute Gasteiger partial charge is 0.454 e. The van der Waals surface area contributed by atoms with Crippen molar-refractivity contribution in [2.24, 2.45) is 5.92 Å². The summed E-state index contributed by atoms with van der Waals surface area (Å²) >= 11 is 0. The minimum atomic E-state index is 0. The second kappa shape index (κ2) is 6.12.